The second-order valence-electron chi connectivity index (χ2n) is 7.80. The van der Waals surface area contributed by atoms with Gasteiger partial charge in [0.05, 0.1) is 12.3 Å². The maximum absolute atomic E-state index is 12.6. The van der Waals surface area contributed by atoms with Gasteiger partial charge in [0.2, 0.25) is 5.91 Å². The fourth-order valence-electron chi connectivity index (χ4n) is 4.56. The van der Waals surface area contributed by atoms with Crippen LogP contribution >= 0.6 is 22.6 Å². The summed E-state index contributed by atoms with van der Waals surface area (Å²) >= 11 is 2.57. The zero-order valence-electron chi connectivity index (χ0n) is 14.8. The Labute approximate surface area is 158 Å². The van der Waals surface area contributed by atoms with Gasteiger partial charge in [-0.2, -0.15) is 5.48 Å². The van der Waals surface area contributed by atoms with Crippen LogP contribution in [0.2, 0.25) is 0 Å². The van der Waals surface area contributed by atoms with Crippen molar-refractivity contribution in [3.63, 3.8) is 0 Å². The highest BCUT2D eigenvalue weighted by molar-refractivity contribution is 14.1. The molecular formula is C17H31IN4O2. The molecule has 1 amide bonds. The number of alkyl halides is 1. The quantitative estimate of drug-likeness (QED) is 0.389. The van der Waals surface area contributed by atoms with E-state index in [1.807, 2.05) is 13.8 Å². The summed E-state index contributed by atoms with van der Waals surface area (Å²) in [5, 5.41) is 3.18. The summed E-state index contributed by atoms with van der Waals surface area (Å²) in [6.07, 6.45) is 6.30. The first-order valence-corrected chi connectivity index (χ1v) is 10.6. The molecular weight excluding hydrogens is 419 g/mol. The lowest BCUT2D eigenvalue weighted by atomic mass is 9.83. The number of hydrogen-bond donors (Lipinski definition) is 4. The average Bonchev–Trinajstić information content (AvgIpc) is 3.14. The van der Waals surface area contributed by atoms with Crippen molar-refractivity contribution in [1.82, 2.24) is 21.6 Å². The minimum absolute atomic E-state index is 0.0307. The first kappa shape index (κ1) is 18.8. The van der Waals surface area contributed by atoms with Crippen LogP contribution in [0.25, 0.3) is 0 Å². The molecule has 24 heavy (non-hydrogen) atoms. The van der Waals surface area contributed by atoms with Crippen molar-refractivity contribution in [1.29, 1.82) is 0 Å². The monoisotopic (exact) mass is 450 g/mol. The summed E-state index contributed by atoms with van der Waals surface area (Å²) in [7, 11) is 0. The fourth-order valence-corrected chi connectivity index (χ4v) is 5.28. The molecule has 1 aliphatic carbocycles. The van der Waals surface area contributed by atoms with Gasteiger partial charge in [-0.3, -0.25) is 15.1 Å². The molecule has 4 N–H and O–H groups in total. The Morgan fingerprint density at radius 3 is 2.54 bits per heavy atom. The molecule has 0 aromatic carbocycles. The van der Waals surface area contributed by atoms with Crippen molar-refractivity contribution < 1.29 is 9.63 Å². The minimum atomic E-state index is -0.0692. The average molecular weight is 450 g/mol. The summed E-state index contributed by atoms with van der Waals surface area (Å²) < 4.78 is 0.843. The number of amides is 1. The predicted octanol–water partition coefficient (Wildman–Crippen LogP) is 1.85. The van der Waals surface area contributed by atoms with Crippen molar-refractivity contribution in [2.24, 2.45) is 17.8 Å². The first-order valence-electron chi connectivity index (χ1n) is 9.32. The SMILES string of the molecule is CC1NOC(C)C1[C@@H](C)C(=O)NC1CC(C2CCC(I)CC2)NN1. The summed E-state index contributed by atoms with van der Waals surface area (Å²) in [6.45, 7) is 6.11. The second-order valence-corrected chi connectivity index (χ2v) is 9.56. The zero-order valence-corrected chi connectivity index (χ0v) is 17.0. The third-order valence-electron chi connectivity index (χ3n) is 6.07. The van der Waals surface area contributed by atoms with Crippen LogP contribution in [0.1, 0.15) is 52.9 Å². The van der Waals surface area contributed by atoms with Crippen molar-refractivity contribution >= 4 is 28.5 Å². The molecule has 3 aliphatic rings. The number of carbonyl (C=O) groups is 1. The van der Waals surface area contributed by atoms with Crippen LogP contribution in [-0.2, 0) is 9.63 Å². The molecule has 7 heteroatoms. The second kappa shape index (κ2) is 8.16. The Morgan fingerprint density at radius 2 is 1.92 bits per heavy atom. The highest BCUT2D eigenvalue weighted by Crippen LogP contribution is 2.33. The van der Waals surface area contributed by atoms with Crippen molar-refractivity contribution in [3.8, 4) is 0 Å². The van der Waals surface area contributed by atoms with Crippen LogP contribution in [0.5, 0.6) is 0 Å². The topological polar surface area (TPSA) is 74.4 Å². The number of carbonyl (C=O) groups excluding carboxylic acids is 1. The molecule has 0 aromatic rings. The van der Waals surface area contributed by atoms with Gasteiger partial charge in [-0.05, 0) is 51.9 Å². The molecule has 0 radical (unpaired) electrons. The van der Waals surface area contributed by atoms with E-state index in [1.54, 1.807) is 0 Å². The molecule has 1 saturated carbocycles. The molecule has 2 saturated heterocycles. The van der Waals surface area contributed by atoms with E-state index in [4.69, 9.17) is 4.84 Å². The van der Waals surface area contributed by atoms with E-state index < -0.39 is 0 Å². The van der Waals surface area contributed by atoms with E-state index in [2.05, 4.69) is 51.2 Å². The van der Waals surface area contributed by atoms with E-state index in [9.17, 15) is 4.79 Å². The lowest BCUT2D eigenvalue weighted by molar-refractivity contribution is -0.127. The lowest BCUT2D eigenvalue weighted by Gasteiger charge is -2.29. The third kappa shape index (κ3) is 4.23. The van der Waals surface area contributed by atoms with E-state index in [-0.39, 0.29) is 36.1 Å². The lowest BCUT2D eigenvalue weighted by Crippen LogP contribution is -2.48. The van der Waals surface area contributed by atoms with Crippen LogP contribution < -0.4 is 21.6 Å². The van der Waals surface area contributed by atoms with Gasteiger partial charge >= 0.3 is 0 Å². The molecule has 5 unspecified atom stereocenters. The van der Waals surface area contributed by atoms with Crippen LogP contribution in [-0.4, -0.2) is 34.2 Å². The van der Waals surface area contributed by atoms with Crippen LogP contribution in [0.3, 0.4) is 0 Å². The van der Waals surface area contributed by atoms with Gasteiger partial charge in [0, 0.05) is 27.8 Å². The van der Waals surface area contributed by atoms with Crippen molar-refractivity contribution in [2.75, 3.05) is 0 Å². The number of rotatable bonds is 4. The maximum atomic E-state index is 12.6. The Kier molecular flexibility index (Phi) is 6.40. The van der Waals surface area contributed by atoms with E-state index in [0.29, 0.717) is 6.04 Å². The van der Waals surface area contributed by atoms with Gasteiger partial charge in [0.15, 0.2) is 0 Å². The predicted molar refractivity (Wildman–Crippen MR) is 102 cm³/mol. The molecule has 3 fully saturated rings. The largest absolute Gasteiger partial charge is 0.339 e. The molecule has 138 valence electrons. The molecule has 0 spiro atoms. The standard InChI is InChI=1S/C17H31IN4O2/c1-9(16-10(2)22-24-11(16)3)17(23)19-15-8-14(20-21-15)12-4-6-13(18)7-5-12/h9-16,20-22H,4-8H2,1-3H3,(H,19,23)/t9-,10?,11?,12?,13?,14?,15?,16?/m1/s1. The first-order chi connectivity index (χ1) is 11.5. The third-order valence-corrected chi connectivity index (χ3v) is 7.32. The van der Waals surface area contributed by atoms with Gasteiger partial charge < -0.3 is 5.32 Å². The van der Waals surface area contributed by atoms with Gasteiger partial charge in [-0.15, -0.1) is 0 Å². The Hall–Kier alpha value is 0.0400. The number of hydrazine groups is 1. The molecule has 3 rings (SSSR count). The normalized spacial score (nSPS) is 44.4. The Balaban J connectivity index is 1.47. The zero-order chi connectivity index (χ0) is 17.3. The van der Waals surface area contributed by atoms with E-state index in [0.717, 1.165) is 16.3 Å². The van der Waals surface area contributed by atoms with Crippen molar-refractivity contribution in [2.45, 2.75) is 81.2 Å². The molecule has 0 bridgehead atoms. The number of hydrogen-bond acceptors (Lipinski definition) is 5. The van der Waals surface area contributed by atoms with E-state index >= 15 is 0 Å². The smallest absolute Gasteiger partial charge is 0.224 e. The van der Waals surface area contributed by atoms with Crippen LogP contribution in [0.4, 0.5) is 0 Å². The van der Waals surface area contributed by atoms with Crippen molar-refractivity contribution in [3.05, 3.63) is 0 Å². The minimum Gasteiger partial charge on any atom is -0.339 e. The highest BCUT2D eigenvalue weighted by Gasteiger charge is 2.40. The summed E-state index contributed by atoms with van der Waals surface area (Å²) in [5.74, 6) is 0.978. The number of nitrogens with one attached hydrogen (secondary N) is 4. The number of hydroxylamine groups is 1. The molecule has 0 aromatic heterocycles. The molecule has 2 heterocycles. The van der Waals surface area contributed by atoms with Gasteiger partial charge in [-0.1, -0.05) is 29.5 Å². The fraction of sp³-hybridized carbons (Fsp3) is 0.941. The highest BCUT2D eigenvalue weighted by atomic mass is 127. The van der Waals surface area contributed by atoms with Gasteiger partial charge in [0.1, 0.15) is 0 Å². The van der Waals surface area contributed by atoms with Crippen LogP contribution in [0.15, 0.2) is 0 Å². The summed E-state index contributed by atoms with van der Waals surface area (Å²) in [4.78, 5) is 18.1. The molecule has 6 atom stereocenters. The Morgan fingerprint density at radius 1 is 1.21 bits per heavy atom. The molecule has 6 nitrogen and oxygen atoms in total. The summed E-state index contributed by atoms with van der Waals surface area (Å²) in [5.41, 5.74) is 9.70. The van der Waals surface area contributed by atoms with Crippen LogP contribution in [0, 0.1) is 17.8 Å². The van der Waals surface area contributed by atoms with E-state index in [1.165, 1.54) is 25.7 Å². The maximum Gasteiger partial charge on any atom is 0.224 e. The summed E-state index contributed by atoms with van der Waals surface area (Å²) in [6, 6.07) is 0.676. The van der Waals surface area contributed by atoms with Gasteiger partial charge in [0.25, 0.3) is 0 Å². The van der Waals surface area contributed by atoms with Gasteiger partial charge in [-0.25, -0.2) is 5.43 Å². The molecule has 2 aliphatic heterocycles. The number of halogens is 1. The Bertz CT molecular complexity index is 434.